The van der Waals surface area contributed by atoms with Crippen molar-refractivity contribution < 1.29 is 0 Å². The number of imidazole rings is 1. The van der Waals surface area contributed by atoms with Gasteiger partial charge in [-0.25, -0.2) is 4.98 Å². The van der Waals surface area contributed by atoms with Crippen LogP contribution in [0.25, 0.3) is 11.7 Å². The summed E-state index contributed by atoms with van der Waals surface area (Å²) in [5.41, 5.74) is 1.99. The highest BCUT2D eigenvalue weighted by Gasteiger charge is 1.94. The van der Waals surface area contributed by atoms with E-state index in [0.717, 1.165) is 11.3 Å². The summed E-state index contributed by atoms with van der Waals surface area (Å²) in [7, 11) is 0. The van der Waals surface area contributed by atoms with Crippen molar-refractivity contribution in [2.75, 3.05) is 0 Å². The van der Waals surface area contributed by atoms with E-state index in [2.05, 4.69) is 4.98 Å². The van der Waals surface area contributed by atoms with Crippen molar-refractivity contribution >= 4 is 11.7 Å². The van der Waals surface area contributed by atoms with Crippen LogP contribution in [0.3, 0.4) is 0 Å². The van der Waals surface area contributed by atoms with Crippen molar-refractivity contribution in [2.45, 2.75) is 6.92 Å². The first-order valence-electron chi connectivity index (χ1n) is 3.96. The maximum Gasteiger partial charge on any atom is 0.137 e. The molecule has 2 aromatic rings. The fourth-order valence-corrected chi connectivity index (χ4v) is 1.21. The van der Waals surface area contributed by atoms with Crippen LogP contribution in [0.5, 0.6) is 0 Å². The lowest BCUT2D eigenvalue weighted by atomic mass is 10.4. The predicted octanol–water partition coefficient (Wildman–Crippen LogP) is 2.37. The second-order valence-electron chi connectivity index (χ2n) is 2.63. The minimum atomic E-state index is 0.991. The molecule has 0 saturated carbocycles. The number of hydrogen-bond donors (Lipinski definition) is 0. The normalized spacial score (nSPS) is 11.4. The minimum Gasteiger partial charge on any atom is -0.306 e. The van der Waals surface area contributed by atoms with Crippen LogP contribution in [0.4, 0.5) is 0 Å². The number of rotatable bonds is 1. The monoisotopic (exact) mass is 158 g/mol. The second kappa shape index (κ2) is 2.81. The van der Waals surface area contributed by atoms with Crippen LogP contribution in [0, 0.1) is 0 Å². The lowest BCUT2D eigenvalue weighted by Crippen LogP contribution is -1.77. The van der Waals surface area contributed by atoms with Gasteiger partial charge in [-0.05, 0) is 25.1 Å². The van der Waals surface area contributed by atoms with Gasteiger partial charge < -0.3 is 4.40 Å². The molecular formula is C10H10N2. The smallest absolute Gasteiger partial charge is 0.137 e. The fraction of sp³-hybridized carbons (Fsp3) is 0.100. The Morgan fingerprint density at radius 1 is 1.42 bits per heavy atom. The van der Waals surface area contributed by atoms with Gasteiger partial charge in [0.15, 0.2) is 0 Å². The zero-order valence-electron chi connectivity index (χ0n) is 6.94. The highest BCUT2D eigenvalue weighted by molar-refractivity contribution is 5.50. The third kappa shape index (κ3) is 1.11. The summed E-state index contributed by atoms with van der Waals surface area (Å²) in [4.78, 5) is 4.38. The SMILES string of the molecule is C/C=C/c1cn2ccccc2n1. The molecule has 0 aliphatic rings. The van der Waals surface area contributed by atoms with Gasteiger partial charge in [0.1, 0.15) is 5.65 Å². The number of allylic oxidation sites excluding steroid dienone is 1. The van der Waals surface area contributed by atoms with Crippen LogP contribution >= 0.6 is 0 Å². The van der Waals surface area contributed by atoms with Gasteiger partial charge in [0.25, 0.3) is 0 Å². The molecule has 0 atom stereocenters. The standard InChI is InChI=1S/C10H10N2/c1-2-5-9-8-12-7-4-3-6-10(12)11-9/h2-8H,1H3/b5-2+. The van der Waals surface area contributed by atoms with Crippen molar-refractivity contribution in [3.8, 4) is 0 Å². The van der Waals surface area contributed by atoms with Crippen LogP contribution in [0.1, 0.15) is 12.6 Å². The molecule has 0 spiro atoms. The van der Waals surface area contributed by atoms with E-state index < -0.39 is 0 Å². The summed E-state index contributed by atoms with van der Waals surface area (Å²) in [6.45, 7) is 1.99. The van der Waals surface area contributed by atoms with Crippen molar-refractivity contribution in [3.63, 3.8) is 0 Å². The molecule has 2 aromatic heterocycles. The second-order valence-corrected chi connectivity index (χ2v) is 2.63. The van der Waals surface area contributed by atoms with E-state index in [1.807, 2.05) is 54.1 Å². The molecule has 0 bridgehead atoms. The molecule has 0 aromatic carbocycles. The third-order valence-corrected chi connectivity index (χ3v) is 1.72. The molecule has 0 aliphatic heterocycles. The largest absolute Gasteiger partial charge is 0.306 e. The van der Waals surface area contributed by atoms with Gasteiger partial charge in [0.2, 0.25) is 0 Å². The van der Waals surface area contributed by atoms with Crippen LogP contribution in [-0.2, 0) is 0 Å². The lowest BCUT2D eigenvalue weighted by molar-refractivity contribution is 1.19. The topological polar surface area (TPSA) is 17.3 Å². The van der Waals surface area contributed by atoms with E-state index in [4.69, 9.17) is 0 Å². The zero-order chi connectivity index (χ0) is 8.39. The van der Waals surface area contributed by atoms with Gasteiger partial charge in [-0.1, -0.05) is 12.1 Å². The maximum atomic E-state index is 4.38. The lowest BCUT2D eigenvalue weighted by Gasteiger charge is -1.86. The van der Waals surface area contributed by atoms with Crippen molar-refractivity contribution in [1.29, 1.82) is 0 Å². The van der Waals surface area contributed by atoms with E-state index >= 15 is 0 Å². The molecule has 0 unspecified atom stereocenters. The number of nitrogens with zero attached hydrogens (tertiary/aromatic N) is 2. The molecule has 0 saturated heterocycles. The van der Waals surface area contributed by atoms with Crippen LogP contribution in [-0.4, -0.2) is 9.38 Å². The molecule has 2 rings (SSSR count). The molecule has 0 amide bonds. The molecule has 2 heterocycles. The van der Waals surface area contributed by atoms with Crippen LogP contribution < -0.4 is 0 Å². The first-order valence-corrected chi connectivity index (χ1v) is 3.96. The van der Waals surface area contributed by atoms with E-state index in [-0.39, 0.29) is 0 Å². The molecule has 0 fully saturated rings. The van der Waals surface area contributed by atoms with Crippen molar-refractivity contribution in [3.05, 3.63) is 42.4 Å². The highest BCUT2D eigenvalue weighted by atomic mass is 15.0. The fourth-order valence-electron chi connectivity index (χ4n) is 1.21. The number of pyridine rings is 1. The Balaban J connectivity index is 2.62. The molecule has 2 nitrogen and oxygen atoms in total. The van der Waals surface area contributed by atoms with Gasteiger partial charge in [0.05, 0.1) is 5.69 Å². The minimum absolute atomic E-state index is 0.991. The summed E-state index contributed by atoms with van der Waals surface area (Å²) in [6, 6.07) is 5.98. The summed E-state index contributed by atoms with van der Waals surface area (Å²) >= 11 is 0. The van der Waals surface area contributed by atoms with E-state index in [0.29, 0.717) is 0 Å². The summed E-state index contributed by atoms with van der Waals surface area (Å²) < 4.78 is 2.01. The van der Waals surface area contributed by atoms with Gasteiger partial charge in [-0.15, -0.1) is 0 Å². The number of aromatic nitrogens is 2. The first kappa shape index (κ1) is 7.10. The Hall–Kier alpha value is -1.57. The zero-order valence-corrected chi connectivity index (χ0v) is 6.94. The highest BCUT2D eigenvalue weighted by Crippen LogP contribution is 2.05. The van der Waals surface area contributed by atoms with Gasteiger partial charge in [0, 0.05) is 12.4 Å². The predicted molar refractivity (Wildman–Crippen MR) is 49.9 cm³/mol. The Morgan fingerprint density at radius 3 is 3.08 bits per heavy atom. The van der Waals surface area contributed by atoms with E-state index in [9.17, 15) is 0 Å². The Kier molecular flexibility index (Phi) is 1.67. The van der Waals surface area contributed by atoms with E-state index in [1.54, 1.807) is 0 Å². The van der Waals surface area contributed by atoms with Crippen molar-refractivity contribution in [2.24, 2.45) is 0 Å². The molecule has 2 heteroatoms. The van der Waals surface area contributed by atoms with Gasteiger partial charge >= 0.3 is 0 Å². The Bertz CT molecular complexity index is 379. The molecular weight excluding hydrogens is 148 g/mol. The average Bonchev–Trinajstić information content (AvgIpc) is 2.47. The molecule has 0 N–H and O–H groups in total. The molecule has 0 aliphatic carbocycles. The van der Waals surface area contributed by atoms with Crippen LogP contribution in [0.15, 0.2) is 36.7 Å². The summed E-state index contributed by atoms with van der Waals surface area (Å²) in [5.74, 6) is 0. The number of hydrogen-bond acceptors (Lipinski definition) is 1. The van der Waals surface area contributed by atoms with Crippen molar-refractivity contribution in [1.82, 2.24) is 9.38 Å². The maximum absolute atomic E-state index is 4.38. The number of fused-ring (bicyclic) bond motifs is 1. The summed E-state index contributed by atoms with van der Waals surface area (Å²) in [5, 5.41) is 0. The quantitative estimate of drug-likeness (QED) is 0.622. The van der Waals surface area contributed by atoms with Gasteiger partial charge in [-0.2, -0.15) is 0 Å². The third-order valence-electron chi connectivity index (χ3n) is 1.72. The van der Waals surface area contributed by atoms with Crippen LogP contribution in [0.2, 0.25) is 0 Å². The average molecular weight is 158 g/mol. The Morgan fingerprint density at radius 2 is 2.33 bits per heavy atom. The summed E-state index contributed by atoms with van der Waals surface area (Å²) in [6.07, 6.45) is 7.99. The van der Waals surface area contributed by atoms with Gasteiger partial charge in [-0.3, -0.25) is 0 Å². The van der Waals surface area contributed by atoms with E-state index in [1.165, 1.54) is 0 Å². The molecule has 0 radical (unpaired) electrons. The first-order chi connectivity index (χ1) is 5.90. The molecule has 12 heavy (non-hydrogen) atoms. The Labute approximate surface area is 71.2 Å². The molecule has 60 valence electrons.